The van der Waals surface area contributed by atoms with Gasteiger partial charge in [-0.15, -0.1) is 11.3 Å². The number of hydrogen-bond acceptors (Lipinski definition) is 5. The van der Waals surface area contributed by atoms with Crippen molar-refractivity contribution in [1.82, 2.24) is 0 Å². The van der Waals surface area contributed by atoms with Crippen molar-refractivity contribution in [2.45, 2.75) is 42.8 Å². The van der Waals surface area contributed by atoms with Crippen molar-refractivity contribution in [2.75, 3.05) is 10.6 Å². The van der Waals surface area contributed by atoms with Gasteiger partial charge in [-0.25, -0.2) is 0 Å². The van der Waals surface area contributed by atoms with E-state index in [9.17, 15) is 14.4 Å². The number of rotatable bonds is 3. The van der Waals surface area contributed by atoms with E-state index < -0.39 is 16.6 Å². The molecule has 4 N–H and O–H groups in total. The Kier molecular flexibility index (Phi) is 4.71. The highest BCUT2D eigenvalue weighted by Gasteiger charge is 2.46. The van der Waals surface area contributed by atoms with Crippen LogP contribution in [0.3, 0.4) is 0 Å². The van der Waals surface area contributed by atoms with Crippen LogP contribution in [0.5, 0.6) is 0 Å². The van der Waals surface area contributed by atoms with Crippen molar-refractivity contribution < 1.29 is 14.4 Å². The highest BCUT2D eigenvalue weighted by atomic mass is 32.2. The minimum absolute atomic E-state index is 0.385. The van der Waals surface area contributed by atoms with Gasteiger partial charge in [0, 0.05) is 9.77 Å². The number of nitrogens with one attached hydrogen (secondary N) is 2. The van der Waals surface area contributed by atoms with Gasteiger partial charge in [0.15, 0.2) is 4.75 Å². The molecule has 4 rings (SSSR count). The third-order valence-electron chi connectivity index (χ3n) is 5.30. The predicted octanol–water partition coefficient (Wildman–Crippen LogP) is 3.41. The molecule has 0 saturated carbocycles. The molecule has 6 nitrogen and oxygen atoms in total. The molecule has 1 aromatic carbocycles. The number of amides is 3. The smallest absolute Gasteiger partial charge is 0.251 e. The van der Waals surface area contributed by atoms with Crippen molar-refractivity contribution in [3.63, 3.8) is 0 Å². The van der Waals surface area contributed by atoms with Gasteiger partial charge in [0.25, 0.3) is 11.8 Å². The molecule has 0 radical (unpaired) electrons. The van der Waals surface area contributed by atoms with Gasteiger partial charge in [0.2, 0.25) is 5.91 Å². The predicted molar refractivity (Wildman–Crippen MR) is 112 cm³/mol. The maximum atomic E-state index is 13.1. The van der Waals surface area contributed by atoms with Crippen LogP contribution < -0.4 is 16.4 Å². The molecule has 0 saturated heterocycles. The SMILES string of the molecule is CC1CCc2c(sc(NC(=O)C3(C)Sc4ccccc4NC3=O)c2C(N)=O)C1. The zero-order valence-electron chi connectivity index (χ0n) is 15.6. The van der Waals surface area contributed by atoms with E-state index in [0.29, 0.717) is 22.2 Å². The van der Waals surface area contributed by atoms with E-state index in [0.717, 1.165) is 34.6 Å². The van der Waals surface area contributed by atoms with Crippen molar-refractivity contribution in [2.24, 2.45) is 11.7 Å². The number of primary amides is 1. The third-order valence-corrected chi connectivity index (χ3v) is 7.83. The van der Waals surface area contributed by atoms with Crippen LogP contribution in [-0.4, -0.2) is 22.5 Å². The summed E-state index contributed by atoms with van der Waals surface area (Å²) in [5, 5.41) is 6.08. The maximum absolute atomic E-state index is 13.1. The molecule has 0 fully saturated rings. The van der Waals surface area contributed by atoms with E-state index >= 15 is 0 Å². The summed E-state index contributed by atoms with van der Waals surface area (Å²) >= 11 is 2.61. The standard InChI is InChI=1S/C20H21N3O3S2/c1-10-7-8-11-14(9-10)27-17(15(11)16(21)24)23-19(26)20(2)18(25)22-12-5-3-4-6-13(12)28-20/h3-6,10H,7-9H2,1-2H3,(H2,21,24)(H,22,25)(H,23,26). The van der Waals surface area contributed by atoms with Crippen molar-refractivity contribution >= 4 is 51.5 Å². The van der Waals surface area contributed by atoms with E-state index in [2.05, 4.69) is 17.6 Å². The van der Waals surface area contributed by atoms with Crippen molar-refractivity contribution in [3.05, 3.63) is 40.3 Å². The lowest BCUT2D eigenvalue weighted by Crippen LogP contribution is -2.49. The number of nitrogens with two attached hydrogens (primary N) is 1. The molecule has 0 spiro atoms. The second-order valence-electron chi connectivity index (χ2n) is 7.46. The van der Waals surface area contributed by atoms with Gasteiger partial charge in [-0.1, -0.05) is 30.8 Å². The number of thiophene rings is 1. The van der Waals surface area contributed by atoms with Gasteiger partial charge in [0.05, 0.1) is 11.3 Å². The van der Waals surface area contributed by atoms with Gasteiger partial charge in [0.1, 0.15) is 5.00 Å². The summed E-state index contributed by atoms with van der Waals surface area (Å²) in [6, 6.07) is 7.36. The average Bonchev–Trinajstić information content (AvgIpc) is 2.99. The Morgan fingerprint density at radius 2 is 2.07 bits per heavy atom. The molecule has 2 unspecified atom stereocenters. The van der Waals surface area contributed by atoms with E-state index in [1.807, 2.05) is 18.2 Å². The molecular formula is C20H21N3O3S2. The molecule has 8 heteroatoms. The highest BCUT2D eigenvalue weighted by molar-refractivity contribution is 8.02. The second kappa shape index (κ2) is 6.93. The first-order chi connectivity index (χ1) is 13.3. The molecule has 1 aromatic heterocycles. The second-order valence-corrected chi connectivity index (χ2v) is 10.0. The van der Waals surface area contributed by atoms with Crippen LogP contribution in [0.25, 0.3) is 0 Å². The van der Waals surface area contributed by atoms with Crippen LogP contribution in [0.1, 0.15) is 41.1 Å². The molecular weight excluding hydrogens is 394 g/mol. The summed E-state index contributed by atoms with van der Waals surface area (Å²) in [5.41, 5.74) is 7.66. The van der Waals surface area contributed by atoms with Crippen molar-refractivity contribution in [1.29, 1.82) is 0 Å². The molecule has 1 aliphatic heterocycles. The van der Waals surface area contributed by atoms with Crippen LogP contribution in [0.4, 0.5) is 10.7 Å². The number of thioether (sulfide) groups is 1. The first-order valence-corrected chi connectivity index (χ1v) is 10.8. The molecule has 2 atom stereocenters. The van der Waals surface area contributed by atoms with E-state index in [1.165, 1.54) is 23.1 Å². The van der Waals surface area contributed by atoms with Crippen LogP contribution >= 0.6 is 23.1 Å². The summed E-state index contributed by atoms with van der Waals surface area (Å²) in [7, 11) is 0. The summed E-state index contributed by atoms with van der Waals surface area (Å²) in [5.74, 6) is -0.856. The van der Waals surface area contributed by atoms with E-state index in [4.69, 9.17) is 5.73 Å². The first-order valence-electron chi connectivity index (χ1n) is 9.15. The third kappa shape index (κ3) is 3.10. The summed E-state index contributed by atoms with van der Waals surface area (Å²) in [6.07, 6.45) is 2.64. The Bertz CT molecular complexity index is 1000. The number of anilines is 2. The number of carbonyl (C=O) groups excluding carboxylic acids is 3. The van der Waals surface area contributed by atoms with Gasteiger partial charge in [-0.05, 0) is 49.8 Å². The molecule has 146 valence electrons. The first kappa shape index (κ1) is 19.0. The molecule has 2 aromatic rings. The molecule has 0 bridgehead atoms. The van der Waals surface area contributed by atoms with Gasteiger partial charge in [-0.3, -0.25) is 14.4 Å². The molecule has 3 amide bonds. The number of carbonyl (C=O) groups is 3. The number of para-hydroxylation sites is 1. The maximum Gasteiger partial charge on any atom is 0.251 e. The van der Waals surface area contributed by atoms with Crippen LogP contribution in [0, 0.1) is 5.92 Å². The minimum Gasteiger partial charge on any atom is -0.365 e. The van der Waals surface area contributed by atoms with E-state index in [1.54, 1.807) is 13.0 Å². The Hall–Kier alpha value is -2.32. The lowest BCUT2D eigenvalue weighted by molar-refractivity contribution is -0.126. The molecule has 28 heavy (non-hydrogen) atoms. The number of fused-ring (bicyclic) bond motifs is 2. The topological polar surface area (TPSA) is 101 Å². The Labute approximate surface area is 171 Å². The van der Waals surface area contributed by atoms with Crippen LogP contribution in [0.15, 0.2) is 29.2 Å². The molecule has 2 aliphatic rings. The fourth-order valence-electron chi connectivity index (χ4n) is 3.64. The minimum atomic E-state index is -1.35. The number of benzene rings is 1. The summed E-state index contributed by atoms with van der Waals surface area (Å²) < 4.78 is -1.35. The lowest BCUT2D eigenvalue weighted by Gasteiger charge is -2.31. The lowest BCUT2D eigenvalue weighted by atomic mass is 9.88. The fraction of sp³-hybridized carbons (Fsp3) is 0.350. The normalized spacial score (nSPS) is 23.4. The summed E-state index contributed by atoms with van der Waals surface area (Å²) in [4.78, 5) is 39.8. The monoisotopic (exact) mass is 415 g/mol. The van der Waals surface area contributed by atoms with Gasteiger partial charge in [-0.2, -0.15) is 0 Å². The Morgan fingerprint density at radius 1 is 1.32 bits per heavy atom. The highest BCUT2D eigenvalue weighted by Crippen LogP contribution is 2.44. The average molecular weight is 416 g/mol. The van der Waals surface area contributed by atoms with Gasteiger partial charge < -0.3 is 16.4 Å². The summed E-state index contributed by atoms with van der Waals surface area (Å²) in [6.45, 7) is 3.77. The number of hydrogen-bond donors (Lipinski definition) is 3. The molecule has 1 aliphatic carbocycles. The zero-order valence-corrected chi connectivity index (χ0v) is 17.3. The van der Waals surface area contributed by atoms with Gasteiger partial charge >= 0.3 is 0 Å². The fourth-order valence-corrected chi connectivity index (χ4v) is 6.15. The quantitative estimate of drug-likeness (QED) is 0.669. The van der Waals surface area contributed by atoms with Crippen LogP contribution in [0.2, 0.25) is 0 Å². The Morgan fingerprint density at radius 3 is 2.82 bits per heavy atom. The van der Waals surface area contributed by atoms with Crippen molar-refractivity contribution in [3.8, 4) is 0 Å². The van der Waals surface area contributed by atoms with E-state index in [-0.39, 0.29) is 5.91 Å². The van der Waals surface area contributed by atoms with Crippen LogP contribution in [-0.2, 0) is 22.4 Å². The zero-order chi connectivity index (χ0) is 20.1. The Balaban J connectivity index is 1.66. The molecule has 2 heterocycles. The largest absolute Gasteiger partial charge is 0.365 e.